The molecule has 1 aliphatic rings. The number of hydrogen-bond acceptors (Lipinski definition) is 3. The highest BCUT2D eigenvalue weighted by Crippen LogP contribution is 2.18. The summed E-state index contributed by atoms with van der Waals surface area (Å²) in [4.78, 5) is 35.6. The molecule has 0 aromatic heterocycles. The maximum Gasteiger partial charge on any atom is 0.330 e. The summed E-state index contributed by atoms with van der Waals surface area (Å²) in [5.74, 6) is -1.44. The van der Waals surface area contributed by atoms with E-state index in [9.17, 15) is 19.5 Å². The Kier molecular flexibility index (Phi) is 8.29. The number of rotatable bonds is 8. The van der Waals surface area contributed by atoms with Crippen LogP contribution in [-0.2, 0) is 9.59 Å². The molecular formula is C21H31N3O4. The first kappa shape index (κ1) is 21.7. The molecule has 2 rings (SSSR count). The van der Waals surface area contributed by atoms with Crippen LogP contribution in [0.1, 0.15) is 67.7 Å². The average molecular weight is 389 g/mol. The lowest BCUT2D eigenvalue weighted by molar-refractivity contribution is -0.142. The molecule has 0 saturated heterocycles. The smallest absolute Gasteiger partial charge is 0.330 e. The SMILES string of the molecule is Cc1ccc(C(NC(=O)CCCNC(=O)NC2CCCCC2)C(=O)O)cc1C. The van der Waals surface area contributed by atoms with Gasteiger partial charge in [0.2, 0.25) is 5.91 Å². The minimum absolute atomic E-state index is 0.151. The lowest BCUT2D eigenvalue weighted by Crippen LogP contribution is -2.43. The van der Waals surface area contributed by atoms with Gasteiger partial charge in [0.05, 0.1) is 0 Å². The molecule has 1 aliphatic carbocycles. The summed E-state index contributed by atoms with van der Waals surface area (Å²) in [6.07, 6.45) is 6.17. The van der Waals surface area contributed by atoms with E-state index in [1.54, 1.807) is 12.1 Å². The predicted molar refractivity (Wildman–Crippen MR) is 107 cm³/mol. The average Bonchev–Trinajstić information content (AvgIpc) is 2.66. The van der Waals surface area contributed by atoms with Crippen molar-refractivity contribution in [3.05, 3.63) is 34.9 Å². The molecule has 0 aliphatic heterocycles. The van der Waals surface area contributed by atoms with Crippen molar-refractivity contribution in [2.75, 3.05) is 6.54 Å². The van der Waals surface area contributed by atoms with Gasteiger partial charge in [-0.1, -0.05) is 37.5 Å². The van der Waals surface area contributed by atoms with Gasteiger partial charge in [-0.2, -0.15) is 0 Å². The first-order chi connectivity index (χ1) is 13.4. The number of aliphatic carboxylic acids is 1. The molecule has 1 aromatic carbocycles. The molecule has 154 valence electrons. The fraction of sp³-hybridized carbons (Fsp3) is 0.571. The van der Waals surface area contributed by atoms with Crippen molar-refractivity contribution in [3.63, 3.8) is 0 Å². The maximum absolute atomic E-state index is 12.1. The topological polar surface area (TPSA) is 108 Å². The van der Waals surface area contributed by atoms with Crippen LogP contribution in [0.15, 0.2) is 18.2 Å². The predicted octanol–water partition coefficient (Wildman–Crippen LogP) is 2.96. The van der Waals surface area contributed by atoms with Crippen LogP contribution < -0.4 is 16.0 Å². The van der Waals surface area contributed by atoms with Crippen LogP contribution in [0.25, 0.3) is 0 Å². The Balaban J connectivity index is 1.73. The number of urea groups is 1. The number of carboxylic acid groups (broad SMARTS) is 1. The van der Waals surface area contributed by atoms with E-state index >= 15 is 0 Å². The second-order valence-electron chi connectivity index (χ2n) is 7.52. The van der Waals surface area contributed by atoms with Gasteiger partial charge in [0.1, 0.15) is 0 Å². The number of benzene rings is 1. The van der Waals surface area contributed by atoms with Gasteiger partial charge in [0.15, 0.2) is 6.04 Å². The van der Waals surface area contributed by atoms with Crippen LogP contribution in [0.2, 0.25) is 0 Å². The Morgan fingerprint density at radius 1 is 1.11 bits per heavy atom. The van der Waals surface area contributed by atoms with Gasteiger partial charge >= 0.3 is 12.0 Å². The number of hydrogen-bond donors (Lipinski definition) is 4. The van der Waals surface area contributed by atoms with Crippen molar-refractivity contribution in [1.82, 2.24) is 16.0 Å². The number of carbonyl (C=O) groups is 3. The maximum atomic E-state index is 12.1. The summed E-state index contributed by atoms with van der Waals surface area (Å²) in [6.45, 7) is 4.22. The minimum Gasteiger partial charge on any atom is -0.479 e. The summed E-state index contributed by atoms with van der Waals surface area (Å²) in [6, 6.07) is 4.32. The molecule has 28 heavy (non-hydrogen) atoms. The van der Waals surface area contributed by atoms with Crippen molar-refractivity contribution in [3.8, 4) is 0 Å². The molecule has 1 fully saturated rings. The summed E-state index contributed by atoms with van der Waals surface area (Å²) in [5.41, 5.74) is 2.59. The normalized spacial score (nSPS) is 15.5. The van der Waals surface area contributed by atoms with Crippen LogP contribution in [0.3, 0.4) is 0 Å². The monoisotopic (exact) mass is 389 g/mol. The van der Waals surface area contributed by atoms with E-state index in [4.69, 9.17) is 0 Å². The van der Waals surface area contributed by atoms with E-state index in [1.165, 1.54) is 6.42 Å². The van der Waals surface area contributed by atoms with Crippen LogP contribution in [-0.4, -0.2) is 35.6 Å². The van der Waals surface area contributed by atoms with Gasteiger partial charge in [-0.25, -0.2) is 9.59 Å². The minimum atomic E-state index is -1.10. The Labute approximate surface area is 166 Å². The number of aryl methyl sites for hydroxylation is 2. The van der Waals surface area contributed by atoms with Gasteiger partial charge in [-0.3, -0.25) is 4.79 Å². The summed E-state index contributed by atoms with van der Waals surface area (Å²) in [7, 11) is 0. The van der Waals surface area contributed by atoms with Gasteiger partial charge < -0.3 is 21.1 Å². The molecule has 0 bridgehead atoms. The second-order valence-corrected chi connectivity index (χ2v) is 7.52. The van der Waals surface area contributed by atoms with E-state index in [0.29, 0.717) is 18.5 Å². The molecule has 0 spiro atoms. The van der Waals surface area contributed by atoms with Crippen LogP contribution in [0, 0.1) is 13.8 Å². The number of carbonyl (C=O) groups excluding carboxylic acids is 2. The molecule has 0 heterocycles. The van der Waals surface area contributed by atoms with Crippen LogP contribution in [0.4, 0.5) is 4.79 Å². The third-order valence-electron chi connectivity index (χ3n) is 5.22. The van der Waals surface area contributed by atoms with Crippen molar-refractivity contribution in [2.45, 2.75) is 70.9 Å². The zero-order chi connectivity index (χ0) is 20.5. The van der Waals surface area contributed by atoms with E-state index in [-0.39, 0.29) is 24.4 Å². The Morgan fingerprint density at radius 2 is 1.82 bits per heavy atom. The third-order valence-corrected chi connectivity index (χ3v) is 5.22. The molecule has 4 N–H and O–H groups in total. The lowest BCUT2D eigenvalue weighted by atomic mass is 9.96. The zero-order valence-corrected chi connectivity index (χ0v) is 16.7. The summed E-state index contributed by atoms with van der Waals surface area (Å²) < 4.78 is 0. The zero-order valence-electron chi connectivity index (χ0n) is 16.7. The molecule has 1 unspecified atom stereocenters. The Morgan fingerprint density at radius 3 is 2.46 bits per heavy atom. The fourth-order valence-corrected chi connectivity index (χ4v) is 3.40. The van der Waals surface area contributed by atoms with E-state index in [1.807, 2.05) is 19.9 Å². The highest BCUT2D eigenvalue weighted by Gasteiger charge is 2.22. The fourth-order valence-electron chi connectivity index (χ4n) is 3.40. The standard InChI is InChI=1S/C21H31N3O4/c1-14-10-11-16(13-15(14)2)19(20(26)27)24-18(25)9-6-12-22-21(28)23-17-7-4-3-5-8-17/h10-11,13,17,19H,3-9,12H2,1-2H3,(H,24,25)(H,26,27)(H2,22,23,28). The first-order valence-electron chi connectivity index (χ1n) is 10.0. The third kappa shape index (κ3) is 6.87. The van der Waals surface area contributed by atoms with Crippen LogP contribution in [0.5, 0.6) is 0 Å². The van der Waals surface area contributed by atoms with Crippen molar-refractivity contribution in [1.29, 1.82) is 0 Å². The van der Waals surface area contributed by atoms with E-state index in [0.717, 1.165) is 36.8 Å². The van der Waals surface area contributed by atoms with Crippen LogP contribution >= 0.6 is 0 Å². The lowest BCUT2D eigenvalue weighted by Gasteiger charge is -2.22. The number of carboxylic acids is 1. The molecular weight excluding hydrogens is 358 g/mol. The molecule has 0 radical (unpaired) electrons. The summed E-state index contributed by atoms with van der Waals surface area (Å²) >= 11 is 0. The van der Waals surface area contributed by atoms with Crippen molar-refractivity contribution >= 4 is 17.9 Å². The van der Waals surface area contributed by atoms with E-state index in [2.05, 4.69) is 16.0 Å². The summed E-state index contributed by atoms with van der Waals surface area (Å²) in [5, 5.41) is 17.7. The Hall–Kier alpha value is -2.57. The van der Waals surface area contributed by atoms with E-state index < -0.39 is 12.0 Å². The Bertz CT molecular complexity index is 699. The molecule has 3 amide bonds. The highest BCUT2D eigenvalue weighted by molar-refractivity contribution is 5.84. The number of amides is 3. The molecule has 7 nitrogen and oxygen atoms in total. The van der Waals surface area contributed by atoms with Gasteiger partial charge in [-0.05, 0) is 49.8 Å². The van der Waals surface area contributed by atoms with Gasteiger partial charge in [0, 0.05) is 19.0 Å². The second kappa shape index (κ2) is 10.7. The van der Waals surface area contributed by atoms with Gasteiger partial charge in [0.25, 0.3) is 0 Å². The highest BCUT2D eigenvalue weighted by atomic mass is 16.4. The van der Waals surface area contributed by atoms with Crippen molar-refractivity contribution < 1.29 is 19.5 Å². The van der Waals surface area contributed by atoms with Crippen molar-refractivity contribution in [2.24, 2.45) is 0 Å². The molecule has 1 atom stereocenters. The molecule has 7 heteroatoms. The number of nitrogens with one attached hydrogen (secondary N) is 3. The van der Waals surface area contributed by atoms with Gasteiger partial charge in [-0.15, -0.1) is 0 Å². The quantitative estimate of drug-likeness (QED) is 0.513. The first-order valence-corrected chi connectivity index (χ1v) is 10.0. The molecule has 1 aromatic rings. The largest absolute Gasteiger partial charge is 0.479 e. The molecule has 1 saturated carbocycles.